The second-order valence-corrected chi connectivity index (χ2v) is 6.30. The minimum absolute atomic E-state index is 0.508. The third-order valence-electron chi connectivity index (χ3n) is 3.21. The van der Waals surface area contributed by atoms with Gasteiger partial charge in [0, 0.05) is 22.3 Å². The molecule has 0 saturated carbocycles. The molecule has 1 atom stereocenters. The van der Waals surface area contributed by atoms with Crippen LogP contribution in [0.25, 0.3) is 0 Å². The van der Waals surface area contributed by atoms with Crippen molar-refractivity contribution in [2.45, 2.75) is 39.8 Å². The first-order chi connectivity index (χ1) is 8.65. The fraction of sp³-hybridized carbons (Fsp3) is 0.375. The monoisotopic (exact) mass is 259 g/mol. The van der Waals surface area contributed by atoms with E-state index in [0.717, 1.165) is 13.0 Å². The summed E-state index contributed by atoms with van der Waals surface area (Å²) in [5, 5.41) is 3.60. The van der Waals surface area contributed by atoms with Gasteiger partial charge in [-0.2, -0.15) is 0 Å². The molecule has 2 rings (SSSR count). The van der Waals surface area contributed by atoms with E-state index < -0.39 is 0 Å². The molecule has 1 unspecified atom stereocenters. The quantitative estimate of drug-likeness (QED) is 0.853. The topological polar surface area (TPSA) is 12.0 Å². The van der Waals surface area contributed by atoms with Gasteiger partial charge in [-0.25, -0.2) is 0 Å². The zero-order valence-electron chi connectivity index (χ0n) is 11.4. The highest BCUT2D eigenvalue weighted by atomic mass is 32.1. The van der Waals surface area contributed by atoms with E-state index in [4.69, 9.17) is 0 Å². The smallest absolute Gasteiger partial charge is 0.0302 e. The lowest BCUT2D eigenvalue weighted by Gasteiger charge is -2.14. The summed E-state index contributed by atoms with van der Waals surface area (Å²) in [5.41, 5.74) is 2.83. The first kappa shape index (κ1) is 13.3. The number of hydrogen-bond donors (Lipinski definition) is 1. The SMILES string of the molecule is Cc1ccc(CNC(C)Cc2ccccc2C)s1. The molecule has 0 bridgehead atoms. The summed E-state index contributed by atoms with van der Waals surface area (Å²) in [6.45, 7) is 7.58. The molecule has 0 fully saturated rings. The third kappa shape index (κ3) is 3.69. The summed E-state index contributed by atoms with van der Waals surface area (Å²) in [6.07, 6.45) is 1.09. The van der Waals surface area contributed by atoms with Gasteiger partial charge in [-0.15, -0.1) is 11.3 Å². The van der Waals surface area contributed by atoms with Crippen LogP contribution in [0.2, 0.25) is 0 Å². The number of aryl methyl sites for hydroxylation is 2. The van der Waals surface area contributed by atoms with Crippen LogP contribution in [0.15, 0.2) is 36.4 Å². The van der Waals surface area contributed by atoms with Crippen molar-refractivity contribution in [3.63, 3.8) is 0 Å². The predicted octanol–water partition coefficient (Wildman–Crippen LogP) is 4.09. The summed E-state index contributed by atoms with van der Waals surface area (Å²) in [6, 6.07) is 13.5. The van der Waals surface area contributed by atoms with Crippen LogP contribution in [-0.4, -0.2) is 6.04 Å². The Kier molecular flexibility index (Phi) is 4.56. The molecule has 0 saturated heterocycles. The molecule has 0 aliphatic heterocycles. The van der Waals surface area contributed by atoms with Crippen molar-refractivity contribution in [2.24, 2.45) is 0 Å². The molecule has 1 aromatic carbocycles. The lowest BCUT2D eigenvalue weighted by molar-refractivity contribution is 0.548. The summed E-state index contributed by atoms with van der Waals surface area (Å²) in [5.74, 6) is 0. The molecule has 0 amide bonds. The van der Waals surface area contributed by atoms with E-state index in [2.05, 4.69) is 62.5 Å². The Morgan fingerprint density at radius 1 is 1.11 bits per heavy atom. The van der Waals surface area contributed by atoms with Crippen LogP contribution in [0.1, 0.15) is 27.8 Å². The van der Waals surface area contributed by atoms with E-state index in [9.17, 15) is 0 Å². The molecule has 1 N–H and O–H groups in total. The van der Waals surface area contributed by atoms with Crippen LogP contribution in [0, 0.1) is 13.8 Å². The standard InChI is InChI=1S/C16H21NS/c1-12-6-4-5-7-15(12)10-13(2)17-11-16-9-8-14(3)18-16/h4-9,13,17H,10-11H2,1-3H3. The van der Waals surface area contributed by atoms with Crippen molar-refractivity contribution in [3.8, 4) is 0 Å². The van der Waals surface area contributed by atoms with Crippen LogP contribution in [0.4, 0.5) is 0 Å². The number of thiophene rings is 1. The fourth-order valence-electron chi connectivity index (χ4n) is 2.10. The van der Waals surface area contributed by atoms with Gasteiger partial charge in [0.25, 0.3) is 0 Å². The van der Waals surface area contributed by atoms with Crippen LogP contribution in [0.3, 0.4) is 0 Å². The molecule has 1 aromatic heterocycles. The lowest BCUT2D eigenvalue weighted by atomic mass is 10.0. The van der Waals surface area contributed by atoms with Crippen LogP contribution >= 0.6 is 11.3 Å². The molecule has 2 heteroatoms. The average molecular weight is 259 g/mol. The molecule has 0 aliphatic carbocycles. The highest BCUT2D eigenvalue weighted by Gasteiger charge is 2.05. The number of rotatable bonds is 5. The van der Waals surface area contributed by atoms with Crippen molar-refractivity contribution < 1.29 is 0 Å². The molecular formula is C16H21NS. The maximum Gasteiger partial charge on any atom is 0.0302 e. The van der Waals surface area contributed by atoms with Gasteiger partial charge >= 0.3 is 0 Å². The van der Waals surface area contributed by atoms with Gasteiger partial charge in [0.1, 0.15) is 0 Å². The maximum absolute atomic E-state index is 3.60. The highest BCUT2D eigenvalue weighted by molar-refractivity contribution is 7.11. The van der Waals surface area contributed by atoms with E-state index >= 15 is 0 Å². The van der Waals surface area contributed by atoms with Gasteiger partial charge in [-0.05, 0) is 50.5 Å². The van der Waals surface area contributed by atoms with Gasteiger partial charge in [0.15, 0.2) is 0 Å². The Balaban J connectivity index is 1.85. The second kappa shape index (κ2) is 6.17. The molecule has 0 aliphatic rings. The Bertz CT molecular complexity index is 501. The van der Waals surface area contributed by atoms with Gasteiger partial charge in [0.05, 0.1) is 0 Å². The molecule has 18 heavy (non-hydrogen) atoms. The van der Waals surface area contributed by atoms with Gasteiger partial charge in [-0.1, -0.05) is 24.3 Å². The second-order valence-electron chi connectivity index (χ2n) is 4.92. The Morgan fingerprint density at radius 2 is 1.89 bits per heavy atom. The summed E-state index contributed by atoms with van der Waals surface area (Å²) in [4.78, 5) is 2.81. The van der Waals surface area contributed by atoms with Crippen LogP contribution < -0.4 is 5.32 Å². The number of hydrogen-bond acceptors (Lipinski definition) is 2. The Hall–Kier alpha value is -1.12. The zero-order valence-corrected chi connectivity index (χ0v) is 12.2. The number of benzene rings is 1. The molecule has 1 heterocycles. The normalized spacial score (nSPS) is 12.6. The van der Waals surface area contributed by atoms with Crippen molar-refractivity contribution in [2.75, 3.05) is 0 Å². The molecule has 2 aromatic rings. The Morgan fingerprint density at radius 3 is 2.56 bits per heavy atom. The average Bonchev–Trinajstić information content (AvgIpc) is 2.76. The van der Waals surface area contributed by atoms with Gasteiger partial charge < -0.3 is 5.32 Å². The van der Waals surface area contributed by atoms with Crippen molar-refractivity contribution in [1.82, 2.24) is 5.32 Å². The molecule has 1 nitrogen and oxygen atoms in total. The Labute approximate surface area is 114 Å². The number of nitrogens with one attached hydrogen (secondary N) is 1. The van der Waals surface area contributed by atoms with Gasteiger partial charge in [-0.3, -0.25) is 0 Å². The zero-order chi connectivity index (χ0) is 13.0. The molecular weight excluding hydrogens is 238 g/mol. The summed E-state index contributed by atoms with van der Waals surface area (Å²) in [7, 11) is 0. The van der Waals surface area contributed by atoms with E-state index in [-0.39, 0.29) is 0 Å². The first-order valence-corrected chi connectivity index (χ1v) is 7.30. The molecule has 0 spiro atoms. The summed E-state index contributed by atoms with van der Waals surface area (Å²) >= 11 is 1.88. The fourth-order valence-corrected chi connectivity index (χ4v) is 2.94. The van der Waals surface area contributed by atoms with Crippen molar-refractivity contribution in [3.05, 3.63) is 57.3 Å². The van der Waals surface area contributed by atoms with Gasteiger partial charge in [0.2, 0.25) is 0 Å². The van der Waals surface area contributed by atoms with E-state index in [1.807, 2.05) is 11.3 Å². The van der Waals surface area contributed by atoms with Crippen LogP contribution in [0.5, 0.6) is 0 Å². The predicted molar refractivity (Wildman–Crippen MR) is 80.2 cm³/mol. The lowest BCUT2D eigenvalue weighted by Crippen LogP contribution is -2.27. The van der Waals surface area contributed by atoms with Crippen molar-refractivity contribution >= 4 is 11.3 Å². The van der Waals surface area contributed by atoms with E-state index in [0.29, 0.717) is 6.04 Å². The highest BCUT2D eigenvalue weighted by Crippen LogP contribution is 2.15. The largest absolute Gasteiger partial charge is 0.309 e. The van der Waals surface area contributed by atoms with E-state index in [1.54, 1.807) is 0 Å². The first-order valence-electron chi connectivity index (χ1n) is 6.48. The molecule has 0 radical (unpaired) electrons. The minimum Gasteiger partial charge on any atom is -0.309 e. The third-order valence-corrected chi connectivity index (χ3v) is 4.21. The minimum atomic E-state index is 0.508. The van der Waals surface area contributed by atoms with Crippen LogP contribution in [-0.2, 0) is 13.0 Å². The maximum atomic E-state index is 3.60. The van der Waals surface area contributed by atoms with E-state index in [1.165, 1.54) is 20.9 Å². The summed E-state index contributed by atoms with van der Waals surface area (Å²) < 4.78 is 0. The van der Waals surface area contributed by atoms with Crippen molar-refractivity contribution in [1.29, 1.82) is 0 Å². The molecule has 96 valence electrons.